The molecular formula is C11H21F3N2O4S. The summed E-state index contributed by atoms with van der Waals surface area (Å²) in [5, 5.41) is 0. The first kappa shape index (κ1) is 20.1. The molecule has 1 unspecified atom stereocenters. The fourth-order valence-corrected chi connectivity index (χ4v) is 2.83. The number of carbonyl (C=O) groups excluding carboxylic acids is 1. The smallest absolute Gasteiger partial charge is 0.389 e. The minimum absolute atomic E-state index is 0.0326. The third-order valence-corrected chi connectivity index (χ3v) is 4.37. The molecule has 21 heavy (non-hydrogen) atoms. The van der Waals surface area contributed by atoms with E-state index in [2.05, 4.69) is 4.74 Å². The topological polar surface area (TPSA) is 102 Å². The number of halogens is 3. The van der Waals surface area contributed by atoms with Gasteiger partial charge in [0.1, 0.15) is 12.6 Å². The second-order valence-electron chi connectivity index (χ2n) is 4.49. The molecule has 0 saturated heterocycles. The van der Waals surface area contributed by atoms with Gasteiger partial charge in [-0.3, -0.25) is 9.57 Å². The summed E-state index contributed by atoms with van der Waals surface area (Å²) in [4.78, 5) is 11.4. The Bertz CT molecular complexity index is 412. The van der Waals surface area contributed by atoms with Gasteiger partial charge in [0.2, 0.25) is 0 Å². The molecule has 126 valence electrons. The summed E-state index contributed by atoms with van der Waals surface area (Å²) in [6.07, 6.45) is -5.84. The van der Waals surface area contributed by atoms with Gasteiger partial charge in [-0.1, -0.05) is 0 Å². The van der Waals surface area contributed by atoms with Crippen molar-refractivity contribution in [3.8, 4) is 0 Å². The highest BCUT2D eigenvalue weighted by molar-refractivity contribution is 7.92. The van der Waals surface area contributed by atoms with E-state index in [1.807, 2.05) is 0 Å². The van der Waals surface area contributed by atoms with Crippen LogP contribution < -0.4 is 5.73 Å². The maximum atomic E-state index is 12.0. The fourth-order valence-electron chi connectivity index (χ4n) is 1.38. The van der Waals surface area contributed by atoms with Gasteiger partial charge in [-0.2, -0.15) is 13.2 Å². The van der Waals surface area contributed by atoms with Crippen LogP contribution in [0.4, 0.5) is 13.2 Å². The average Bonchev–Trinajstić information content (AvgIpc) is 2.34. The lowest BCUT2D eigenvalue weighted by atomic mass is 10.2. The molecule has 0 spiro atoms. The summed E-state index contributed by atoms with van der Waals surface area (Å²) in [6.45, 7) is 0.246. The summed E-state index contributed by atoms with van der Waals surface area (Å²) in [6, 6.07) is -1.05. The number of ether oxygens (including phenoxy) is 2. The van der Waals surface area contributed by atoms with E-state index in [4.69, 9.17) is 15.3 Å². The van der Waals surface area contributed by atoms with Gasteiger partial charge in [-0.25, -0.2) is 4.21 Å². The van der Waals surface area contributed by atoms with Crippen molar-refractivity contribution in [2.24, 2.45) is 5.73 Å². The van der Waals surface area contributed by atoms with Crippen LogP contribution in [-0.2, 0) is 24.0 Å². The predicted molar refractivity (Wildman–Crippen MR) is 71.3 cm³/mol. The molecule has 3 N–H and O–H groups in total. The van der Waals surface area contributed by atoms with Gasteiger partial charge in [-0.15, -0.1) is 0 Å². The predicted octanol–water partition coefficient (Wildman–Crippen LogP) is 1.28. The zero-order chi connectivity index (χ0) is 16.5. The second-order valence-corrected chi connectivity index (χ2v) is 6.93. The highest BCUT2D eigenvalue weighted by Crippen LogP contribution is 2.21. The van der Waals surface area contributed by atoms with Crippen LogP contribution in [-0.4, -0.2) is 54.2 Å². The van der Waals surface area contributed by atoms with Crippen LogP contribution in [0.3, 0.4) is 0 Å². The number of hydrogen-bond acceptors (Lipinski definition) is 6. The van der Waals surface area contributed by atoms with Crippen molar-refractivity contribution in [3.05, 3.63) is 0 Å². The number of nitrogens with one attached hydrogen (secondary N) is 1. The monoisotopic (exact) mass is 334 g/mol. The minimum Gasteiger partial charge on any atom is -0.462 e. The van der Waals surface area contributed by atoms with E-state index in [1.165, 1.54) is 7.11 Å². The quantitative estimate of drug-likeness (QED) is 0.463. The molecule has 0 heterocycles. The summed E-state index contributed by atoms with van der Waals surface area (Å²) in [5.41, 5.74) is 5.50. The molecule has 0 rings (SSSR count). The van der Waals surface area contributed by atoms with E-state index >= 15 is 0 Å². The van der Waals surface area contributed by atoms with Crippen molar-refractivity contribution in [1.82, 2.24) is 0 Å². The molecule has 0 saturated carbocycles. The molecule has 0 aromatic carbocycles. The Labute approximate surface area is 122 Å². The lowest BCUT2D eigenvalue weighted by Crippen LogP contribution is -2.35. The minimum atomic E-state index is -4.32. The number of alkyl halides is 3. The average molecular weight is 334 g/mol. The number of carbonyl (C=O) groups is 1. The highest BCUT2D eigenvalue weighted by Gasteiger charge is 2.27. The molecular weight excluding hydrogens is 313 g/mol. The molecule has 0 fully saturated rings. The lowest BCUT2D eigenvalue weighted by molar-refractivity contribution is -0.146. The summed E-state index contributed by atoms with van der Waals surface area (Å²) >= 11 is 0. The van der Waals surface area contributed by atoms with Gasteiger partial charge in [0.15, 0.2) is 0 Å². The summed E-state index contributed by atoms with van der Waals surface area (Å²) < 4.78 is 64.5. The molecule has 0 aromatic heterocycles. The van der Waals surface area contributed by atoms with E-state index in [0.717, 1.165) is 0 Å². The number of hydrogen-bond donors (Lipinski definition) is 2. The summed E-state index contributed by atoms with van der Waals surface area (Å²) in [7, 11) is -1.74. The zero-order valence-corrected chi connectivity index (χ0v) is 12.6. The Balaban J connectivity index is 4.04. The van der Waals surface area contributed by atoms with Gasteiger partial charge in [0.05, 0.1) is 6.61 Å². The van der Waals surface area contributed by atoms with Crippen LogP contribution in [0, 0.1) is 4.78 Å². The van der Waals surface area contributed by atoms with Gasteiger partial charge < -0.3 is 15.2 Å². The molecule has 0 aliphatic carbocycles. The van der Waals surface area contributed by atoms with E-state index < -0.39 is 34.3 Å². The van der Waals surface area contributed by atoms with Crippen LogP contribution in [0.1, 0.15) is 19.3 Å². The number of esters is 1. The molecule has 0 aliphatic rings. The number of methoxy groups -OCH3 is 1. The van der Waals surface area contributed by atoms with Gasteiger partial charge in [0, 0.05) is 34.8 Å². The van der Waals surface area contributed by atoms with Crippen molar-refractivity contribution < 1.29 is 31.6 Å². The highest BCUT2D eigenvalue weighted by atomic mass is 32.2. The number of nitrogens with two attached hydrogens (primary N) is 1. The van der Waals surface area contributed by atoms with E-state index in [1.54, 1.807) is 0 Å². The van der Waals surface area contributed by atoms with Gasteiger partial charge >= 0.3 is 12.1 Å². The Morgan fingerprint density at radius 2 is 1.95 bits per heavy atom. The normalized spacial score (nSPS) is 16.2. The molecule has 2 atom stereocenters. The van der Waals surface area contributed by atoms with Crippen molar-refractivity contribution in [3.63, 3.8) is 0 Å². The van der Waals surface area contributed by atoms with E-state index in [9.17, 15) is 22.2 Å². The van der Waals surface area contributed by atoms with E-state index in [0.29, 0.717) is 0 Å². The Morgan fingerprint density at radius 3 is 2.48 bits per heavy atom. The molecule has 0 aromatic rings. The van der Waals surface area contributed by atoms with Crippen LogP contribution in [0.25, 0.3) is 0 Å². The Hall–Kier alpha value is -0.870. The molecule has 10 heteroatoms. The van der Waals surface area contributed by atoms with Crippen LogP contribution in [0.2, 0.25) is 0 Å². The fraction of sp³-hybridized carbons (Fsp3) is 0.909. The van der Waals surface area contributed by atoms with Gasteiger partial charge in [0.25, 0.3) is 0 Å². The van der Waals surface area contributed by atoms with Crippen molar-refractivity contribution in [1.29, 1.82) is 4.78 Å². The van der Waals surface area contributed by atoms with Crippen LogP contribution in [0.5, 0.6) is 0 Å². The third-order valence-electron chi connectivity index (χ3n) is 2.53. The molecule has 0 aliphatic heterocycles. The standard InChI is InChI=1S/C11H21F3N2O4S/c1-19-5-6-20-10(17)9(15)3-8-21(16,18)7-2-4-11(12,13)14/h9,16H,2-8,15H2,1H3/t9-,21?/m0/s1. The van der Waals surface area contributed by atoms with Crippen molar-refractivity contribution >= 4 is 15.7 Å². The number of rotatable bonds is 10. The third kappa shape index (κ3) is 11.5. The summed E-state index contributed by atoms with van der Waals surface area (Å²) in [5.74, 6) is -1.30. The first-order valence-corrected chi connectivity index (χ1v) is 8.19. The Morgan fingerprint density at radius 1 is 1.33 bits per heavy atom. The SMILES string of the molecule is COCCOC(=O)[C@@H](N)CCS(=N)(=O)CCCC(F)(F)F. The van der Waals surface area contributed by atoms with E-state index in [-0.39, 0.29) is 37.6 Å². The molecule has 0 bridgehead atoms. The second kappa shape index (κ2) is 9.21. The van der Waals surface area contributed by atoms with Crippen LogP contribution in [0.15, 0.2) is 0 Å². The largest absolute Gasteiger partial charge is 0.462 e. The first-order chi connectivity index (χ1) is 9.57. The zero-order valence-electron chi connectivity index (χ0n) is 11.8. The molecule has 0 amide bonds. The van der Waals surface area contributed by atoms with Crippen LogP contribution >= 0.6 is 0 Å². The van der Waals surface area contributed by atoms with Gasteiger partial charge in [-0.05, 0) is 12.8 Å². The molecule has 0 radical (unpaired) electrons. The first-order valence-electron chi connectivity index (χ1n) is 6.29. The maximum absolute atomic E-state index is 12.0. The lowest BCUT2D eigenvalue weighted by Gasteiger charge is -2.13. The Kier molecular flexibility index (Phi) is 8.83. The van der Waals surface area contributed by atoms with Crippen molar-refractivity contribution in [2.75, 3.05) is 31.8 Å². The van der Waals surface area contributed by atoms with Crippen molar-refractivity contribution in [2.45, 2.75) is 31.5 Å². The maximum Gasteiger partial charge on any atom is 0.389 e. The molecule has 6 nitrogen and oxygen atoms in total.